The van der Waals surface area contributed by atoms with Gasteiger partial charge in [0.2, 0.25) is 0 Å². The topological polar surface area (TPSA) is 82.5 Å². The zero-order chi connectivity index (χ0) is 13.2. The number of anilines is 1. The Morgan fingerprint density at radius 2 is 2.06 bits per heavy atom. The van der Waals surface area contributed by atoms with Crippen LogP contribution in [0, 0.1) is 0 Å². The summed E-state index contributed by atoms with van der Waals surface area (Å²) < 4.78 is 36.8. The van der Waals surface area contributed by atoms with E-state index in [9.17, 15) is 18.0 Å². The summed E-state index contributed by atoms with van der Waals surface area (Å²) in [5.41, 5.74) is -1.38. The fourth-order valence-electron chi connectivity index (χ4n) is 1.03. The van der Waals surface area contributed by atoms with E-state index in [0.717, 1.165) is 12.1 Å². The Labute approximate surface area is 97.8 Å². The molecule has 0 saturated heterocycles. The lowest BCUT2D eigenvalue weighted by atomic mass is 10.2. The third kappa shape index (κ3) is 3.46. The smallest absolute Gasteiger partial charge is 0.420 e. The molecule has 1 amide bonds. The highest BCUT2D eigenvalue weighted by Crippen LogP contribution is 2.35. The Kier molecular flexibility index (Phi) is 3.79. The molecule has 3 N–H and O–H groups in total. The molecule has 1 atom stereocenters. The molecule has 1 aromatic rings. The van der Waals surface area contributed by atoms with Gasteiger partial charge in [-0.15, -0.1) is 0 Å². The molecule has 5 nitrogen and oxygen atoms in total. The van der Waals surface area contributed by atoms with Gasteiger partial charge in [-0.25, -0.2) is 9.78 Å². The first-order valence-electron chi connectivity index (χ1n) is 4.13. The lowest BCUT2D eigenvalue weighted by molar-refractivity contribution is -0.207. The summed E-state index contributed by atoms with van der Waals surface area (Å²) in [5, 5.41) is 18.8. The molecule has 0 aliphatic heterocycles. The minimum atomic E-state index is -4.97. The molecule has 9 heteroatoms. The van der Waals surface area contributed by atoms with Crippen LogP contribution in [0.2, 0.25) is 5.15 Å². The SMILES string of the molecule is O=C(O)Nc1ccc(Cl)nc1C(O)C(F)(F)F. The zero-order valence-electron chi connectivity index (χ0n) is 7.99. The van der Waals surface area contributed by atoms with E-state index in [0.29, 0.717) is 0 Å². The maximum Gasteiger partial charge on any atom is 0.420 e. The Morgan fingerprint density at radius 3 is 2.53 bits per heavy atom. The number of pyridine rings is 1. The quantitative estimate of drug-likeness (QED) is 0.721. The fraction of sp³-hybridized carbons (Fsp3) is 0.250. The molecule has 1 rings (SSSR count). The Hall–Kier alpha value is -1.54. The number of amides is 1. The van der Waals surface area contributed by atoms with Crippen molar-refractivity contribution in [1.29, 1.82) is 0 Å². The van der Waals surface area contributed by atoms with Crippen molar-refractivity contribution >= 4 is 23.4 Å². The van der Waals surface area contributed by atoms with Crippen LogP contribution in [0.25, 0.3) is 0 Å². The first-order valence-corrected chi connectivity index (χ1v) is 4.51. The molecule has 94 valence electrons. The number of nitrogens with zero attached hydrogens (tertiary/aromatic N) is 1. The molecular weight excluding hydrogens is 265 g/mol. The van der Waals surface area contributed by atoms with E-state index in [4.69, 9.17) is 21.8 Å². The maximum atomic E-state index is 12.3. The van der Waals surface area contributed by atoms with Gasteiger partial charge in [-0.3, -0.25) is 5.32 Å². The van der Waals surface area contributed by atoms with Crippen molar-refractivity contribution in [3.8, 4) is 0 Å². The monoisotopic (exact) mass is 270 g/mol. The number of halogens is 4. The maximum absolute atomic E-state index is 12.3. The number of aromatic nitrogens is 1. The number of aliphatic hydroxyl groups excluding tert-OH is 1. The summed E-state index contributed by atoms with van der Waals surface area (Å²) in [5.74, 6) is 0. The predicted molar refractivity (Wildman–Crippen MR) is 51.9 cm³/mol. The van der Waals surface area contributed by atoms with Crippen molar-refractivity contribution in [3.63, 3.8) is 0 Å². The van der Waals surface area contributed by atoms with Crippen LogP contribution < -0.4 is 5.32 Å². The molecule has 0 spiro atoms. The van der Waals surface area contributed by atoms with E-state index in [2.05, 4.69) is 4.98 Å². The summed E-state index contributed by atoms with van der Waals surface area (Å²) in [6, 6.07) is 2.08. The van der Waals surface area contributed by atoms with Crippen LogP contribution in [0.4, 0.5) is 23.7 Å². The largest absolute Gasteiger partial charge is 0.465 e. The standard InChI is InChI=1S/C8H6ClF3N2O3/c9-4-2-1-3(13-7(16)17)5(14-4)6(15)8(10,11)12/h1-2,6,13,15H,(H,16,17). The summed E-state index contributed by atoms with van der Waals surface area (Å²) in [6.45, 7) is 0. The van der Waals surface area contributed by atoms with Crippen molar-refractivity contribution in [2.45, 2.75) is 12.3 Å². The summed E-state index contributed by atoms with van der Waals surface area (Å²) in [7, 11) is 0. The number of carboxylic acid groups (broad SMARTS) is 1. The van der Waals surface area contributed by atoms with Gasteiger partial charge in [-0.05, 0) is 12.1 Å². The van der Waals surface area contributed by atoms with Gasteiger partial charge in [0.1, 0.15) is 10.8 Å². The van der Waals surface area contributed by atoms with Gasteiger partial charge in [0.15, 0.2) is 6.10 Å². The molecule has 0 radical (unpaired) electrons. The highest BCUT2D eigenvalue weighted by Gasteiger charge is 2.42. The van der Waals surface area contributed by atoms with Gasteiger partial charge in [-0.2, -0.15) is 13.2 Å². The Morgan fingerprint density at radius 1 is 1.47 bits per heavy atom. The van der Waals surface area contributed by atoms with Gasteiger partial charge in [0.25, 0.3) is 0 Å². The Balaban J connectivity index is 3.19. The van der Waals surface area contributed by atoms with Crippen LogP contribution in [-0.2, 0) is 0 Å². The first kappa shape index (κ1) is 13.5. The lowest BCUT2D eigenvalue weighted by Gasteiger charge is -2.17. The van der Waals surface area contributed by atoms with E-state index in [1.807, 2.05) is 0 Å². The van der Waals surface area contributed by atoms with Gasteiger partial charge < -0.3 is 10.2 Å². The Bertz CT molecular complexity index is 439. The molecule has 1 heterocycles. The average Bonchev–Trinajstić information content (AvgIpc) is 2.17. The third-order valence-electron chi connectivity index (χ3n) is 1.70. The molecular formula is C8H6ClF3N2O3. The summed E-state index contributed by atoms with van der Waals surface area (Å²) >= 11 is 5.38. The minimum Gasteiger partial charge on any atom is -0.465 e. The molecule has 17 heavy (non-hydrogen) atoms. The molecule has 0 aliphatic carbocycles. The molecule has 0 aliphatic rings. The van der Waals surface area contributed by atoms with Crippen molar-refractivity contribution < 1.29 is 28.2 Å². The number of rotatable bonds is 2. The number of nitrogens with one attached hydrogen (secondary N) is 1. The van der Waals surface area contributed by atoms with Crippen molar-refractivity contribution in [3.05, 3.63) is 23.0 Å². The third-order valence-corrected chi connectivity index (χ3v) is 1.91. The summed E-state index contributed by atoms with van der Waals surface area (Å²) in [4.78, 5) is 13.6. The van der Waals surface area contributed by atoms with E-state index >= 15 is 0 Å². The van der Waals surface area contributed by atoms with E-state index in [1.165, 1.54) is 0 Å². The van der Waals surface area contributed by atoms with E-state index in [-0.39, 0.29) is 5.15 Å². The van der Waals surface area contributed by atoms with Gasteiger partial charge >= 0.3 is 12.3 Å². The van der Waals surface area contributed by atoms with Crippen LogP contribution in [-0.4, -0.2) is 27.5 Å². The van der Waals surface area contributed by atoms with E-state index in [1.54, 1.807) is 5.32 Å². The van der Waals surface area contributed by atoms with Crippen LogP contribution in [0.15, 0.2) is 12.1 Å². The molecule has 0 saturated carbocycles. The molecule has 0 aromatic carbocycles. The zero-order valence-corrected chi connectivity index (χ0v) is 8.75. The van der Waals surface area contributed by atoms with Crippen LogP contribution >= 0.6 is 11.6 Å². The van der Waals surface area contributed by atoms with Crippen LogP contribution in [0.1, 0.15) is 11.8 Å². The minimum absolute atomic E-state index is 0.292. The highest BCUT2D eigenvalue weighted by molar-refractivity contribution is 6.29. The van der Waals surface area contributed by atoms with Crippen molar-refractivity contribution in [2.24, 2.45) is 0 Å². The second kappa shape index (κ2) is 4.76. The number of hydrogen-bond acceptors (Lipinski definition) is 3. The predicted octanol–water partition coefficient (Wildman–Crippen LogP) is 2.42. The van der Waals surface area contributed by atoms with Gasteiger partial charge in [0.05, 0.1) is 5.69 Å². The number of carbonyl (C=O) groups is 1. The second-order valence-corrected chi connectivity index (χ2v) is 3.33. The molecule has 0 fully saturated rings. The number of aliphatic hydroxyl groups is 1. The second-order valence-electron chi connectivity index (χ2n) is 2.94. The van der Waals surface area contributed by atoms with Crippen molar-refractivity contribution in [2.75, 3.05) is 5.32 Å². The van der Waals surface area contributed by atoms with Gasteiger partial charge in [0, 0.05) is 0 Å². The highest BCUT2D eigenvalue weighted by atomic mass is 35.5. The van der Waals surface area contributed by atoms with Gasteiger partial charge in [-0.1, -0.05) is 11.6 Å². The average molecular weight is 271 g/mol. The summed E-state index contributed by atoms with van der Waals surface area (Å²) in [6.07, 6.45) is -9.46. The van der Waals surface area contributed by atoms with Crippen LogP contribution in [0.5, 0.6) is 0 Å². The van der Waals surface area contributed by atoms with Crippen molar-refractivity contribution in [1.82, 2.24) is 4.98 Å². The molecule has 0 bridgehead atoms. The first-order chi connectivity index (χ1) is 7.71. The number of alkyl halides is 3. The van der Waals surface area contributed by atoms with Crippen LogP contribution in [0.3, 0.4) is 0 Å². The van der Waals surface area contributed by atoms with E-state index < -0.39 is 29.8 Å². The fourth-order valence-corrected chi connectivity index (χ4v) is 1.19. The normalized spacial score (nSPS) is 13.2. The number of hydrogen-bond donors (Lipinski definition) is 3. The lowest BCUT2D eigenvalue weighted by Crippen LogP contribution is -2.23. The molecule has 1 unspecified atom stereocenters. The molecule has 1 aromatic heterocycles.